The maximum absolute atomic E-state index is 2.35. The summed E-state index contributed by atoms with van der Waals surface area (Å²) in [4.78, 5) is 0. The van der Waals surface area contributed by atoms with Gasteiger partial charge in [0.05, 0.1) is 11.1 Å². The van der Waals surface area contributed by atoms with Gasteiger partial charge in [0.25, 0.3) is 0 Å². The highest BCUT2D eigenvalue weighted by atomic mass is 14.4. The number of benzene rings is 2. The third kappa shape index (κ3) is 3.32. The molecule has 2 aromatic rings. The highest BCUT2D eigenvalue weighted by molar-refractivity contribution is 5.49. The lowest BCUT2D eigenvalue weighted by molar-refractivity contribution is 0.285. The molecule has 110 valence electrons. The zero-order valence-electron chi connectivity index (χ0n) is 14.2. The molecule has 0 aliphatic carbocycles. The fourth-order valence-corrected chi connectivity index (χ4v) is 2.64. The molecule has 0 radical (unpaired) electrons. The fourth-order valence-electron chi connectivity index (χ4n) is 2.64. The summed E-state index contributed by atoms with van der Waals surface area (Å²) in [5.41, 5.74) is 5.42. The highest BCUT2D eigenvalue weighted by Crippen LogP contribution is 2.44. The van der Waals surface area contributed by atoms with E-state index in [1.165, 1.54) is 28.2 Å². The van der Waals surface area contributed by atoms with Gasteiger partial charge in [-0.25, -0.2) is 0 Å². The van der Waals surface area contributed by atoms with Crippen LogP contribution in [0.15, 0.2) is 48.5 Å². The van der Waals surface area contributed by atoms with Crippen LogP contribution in [0.5, 0.6) is 0 Å². The minimum Gasteiger partial charge on any atom is -0.0613 e. The molecule has 0 heterocycles. The molecule has 0 spiro atoms. The first-order chi connectivity index (χ1) is 9.82. The first-order valence-electron chi connectivity index (χ1n) is 7.84. The molecule has 0 atom stereocenters. The van der Waals surface area contributed by atoms with Crippen molar-refractivity contribution in [3.63, 3.8) is 0 Å². The predicted molar refractivity (Wildman–Crippen MR) is 92.4 cm³/mol. The molecular formula is C21H27+. The number of hydrogen-bond donors (Lipinski definition) is 0. The third-order valence-electron chi connectivity index (χ3n) is 4.77. The van der Waals surface area contributed by atoms with Crippen LogP contribution in [0.1, 0.15) is 49.9 Å². The standard InChI is InChI=1S/C21H27/c1-15(2)21(5,6)20(18-11-7-16(3)8-12-18)19-13-9-17(4)10-14-19/h7-15H,1-6H3/q+1. The second kappa shape index (κ2) is 5.97. The van der Waals surface area contributed by atoms with E-state index in [2.05, 4.69) is 90.1 Å². The van der Waals surface area contributed by atoms with Crippen LogP contribution in [0, 0.1) is 31.1 Å². The Balaban J connectivity index is 2.54. The van der Waals surface area contributed by atoms with Crippen LogP contribution >= 0.6 is 0 Å². The van der Waals surface area contributed by atoms with E-state index < -0.39 is 0 Å². The average Bonchev–Trinajstić information content (AvgIpc) is 2.43. The van der Waals surface area contributed by atoms with Crippen LogP contribution in [0.4, 0.5) is 0 Å². The molecule has 0 saturated heterocycles. The molecule has 0 aliphatic rings. The van der Waals surface area contributed by atoms with Crippen molar-refractivity contribution in [3.8, 4) is 0 Å². The second-order valence-corrected chi connectivity index (χ2v) is 6.98. The van der Waals surface area contributed by atoms with Gasteiger partial charge in [0, 0.05) is 35.6 Å². The minimum atomic E-state index is 0.129. The summed E-state index contributed by atoms with van der Waals surface area (Å²) in [6.07, 6.45) is 0. The largest absolute Gasteiger partial charge is 0.0762 e. The topological polar surface area (TPSA) is 0 Å². The van der Waals surface area contributed by atoms with Crippen molar-refractivity contribution < 1.29 is 0 Å². The molecule has 0 N–H and O–H groups in total. The Labute approximate surface area is 130 Å². The lowest BCUT2D eigenvalue weighted by Gasteiger charge is -2.35. The lowest BCUT2D eigenvalue weighted by atomic mass is 9.65. The van der Waals surface area contributed by atoms with Crippen molar-refractivity contribution in [2.75, 3.05) is 0 Å². The first kappa shape index (κ1) is 15.7. The average molecular weight is 279 g/mol. The Morgan fingerprint density at radius 1 is 0.714 bits per heavy atom. The van der Waals surface area contributed by atoms with Gasteiger partial charge in [-0.1, -0.05) is 13.8 Å². The molecule has 2 aromatic carbocycles. The number of hydrogen-bond acceptors (Lipinski definition) is 0. The Bertz CT molecular complexity index is 525. The van der Waals surface area contributed by atoms with Crippen molar-refractivity contribution in [1.82, 2.24) is 0 Å². The summed E-state index contributed by atoms with van der Waals surface area (Å²) < 4.78 is 0. The van der Waals surface area contributed by atoms with Gasteiger partial charge >= 0.3 is 0 Å². The van der Waals surface area contributed by atoms with Gasteiger partial charge in [-0.2, -0.15) is 0 Å². The maximum atomic E-state index is 2.35. The van der Waals surface area contributed by atoms with E-state index in [9.17, 15) is 0 Å². The summed E-state index contributed by atoms with van der Waals surface area (Å²) in [5, 5.41) is 0. The summed E-state index contributed by atoms with van der Waals surface area (Å²) in [7, 11) is 0. The van der Waals surface area contributed by atoms with Gasteiger partial charge in [-0.3, -0.25) is 0 Å². The number of rotatable bonds is 4. The molecule has 0 bridgehead atoms. The van der Waals surface area contributed by atoms with Gasteiger partial charge in [-0.05, 0) is 69.0 Å². The Hall–Kier alpha value is -1.69. The van der Waals surface area contributed by atoms with E-state index in [0.717, 1.165) is 0 Å². The van der Waals surface area contributed by atoms with Crippen molar-refractivity contribution >= 4 is 0 Å². The van der Waals surface area contributed by atoms with E-state index >= 15 is 0 Å². The molecule has 0 heteroatoms. The van der Waals surface area contributed by atoms with Crippen molar-refractivity contribution in [2.24, 2.45) is 11.3 Å². The lowest BCUT2D eigenvalue weighted by Crippen LogP contribution is -2.29. The van der Waals surface area contributed by atoms with Crippen LogP contribution in [-0.4, -0.2) is 0 Å². The van der Waals surface area contributed by atoms with Gasteiger partial charge in [0.15, 0.2) is 0 Å². The molecule has 0 amide bonds. The highest BCUT2D eigenvalue weighted by Gasteiger charge is 2.39. The van der Waals surface area contributed by atoms with Gasteiger partial charge in [0.2, 0.25) is 0 Å². The molecule has 0 aromatic heterocycles. The van der Waals surface area contributed by atoms with Gasteiger partial charge in [0.1, 0.15) is 0 Å². The molecule has 0 nitrogen and oxygen atoms in total. The molecule has 0 aliphatic heterocycles. The molecule has 0 unspecified atom stereocenters. The first-order valence-corrected chi connectivity index (χ1v) is 7.84. The van der Waals surface area contributed by atoms with E-state index in [-0.39, 0.29) is 5.41 Å². The fraction of sp³-hybridized carbons (Fsp3) is 0.381. The molecule has 0 saturated carbocycles. The van der Waals surface area contributed by atoms with E-state index in [1.807, 2.05) is 0 Å². The zero-order valence-corrected chi connectivity index (χ0v) is 14.2. The van der Waals surface area contributed by atoms with E-state index in [4.69, 9.17) is 0 Å². The molecule has 0 fully saturated rings. The predicted octanol–water partition coefficient (Wildman–Crippen LogP) is 5.96. The van der Waals surface area contributed by atoms with Gasteiger partial charge in [-0.15, -0.1) is 0 Å². The Morgan fingerprint density at radius 3 is 1.33 bits per heavy atom. The molecular weight excluding hydrogens is 252 g/mol. The normalized spacial score (nSPS) is 11.8. The van der Waals surface area contributed by atoms with Gasteiger partial charge < -0.3 is 0 Å². The van der Waals surface area contributed by atoms with Crippen molar-refractivity contribution in [2.45, 2.75) is 41.5 Å². The smallest absolute Gasteiger partial charge is 0.0613 e. The van der Waals surface area contributed by atoms with E-state index in [0.29, 0.717) is 5.92 Å². The Morgan fingerprint density at radius 2 is 1.05 bits per heavy atom. The van der Waals surface area contributed by atoms with Crippen LogP contribution in [0.2, 0.25) is 0 Å². The summed E-state index contributed by atoms with van der Waals surface area (Å²) >= 11 is 0. The van der Waals surface area contributed by atoms with Crippen LogP contribution in [0.25, 0.3) is 0 Å². The summed E-state index contributed by atoms with van der Waals surface area (Å²) in [6.45, 7) is 13.6. The molecule has 21 heavy (non-hydrogen) atoms. The minimum absolute atomic E-state index is 0.129. The maximum Gasteiger partial charge on any atom is 0.0762 e. The summed E-state index contributed by atoms with van der Waals surface area (Å²) in [6, 6.07) is 17.9. The SMILES string of the molecule is Cc1ccc([C+](c2ccc(C)cc2)C(C)(C)C(C)C)cc1. The summed E-state index contributed by atoms with van der Waals surface area (Å²) in [5.74, 6) is 2.02. The zero-order chi connectivity index (χ0) is 15.6. The van der Waals surface area contributed by atoms with Crippen LogP contribution in [-0.2, 0) is 0 Å². The van der Waals surface area contributed by atoms with Crippen LogP contribution < -0.4 is 0 Å². The van der Waals surface area contributed by atoms with E-state index in [1.54, 1.807) is 0 Å². The van der Waals surface area contributed by atoms with Crippen molar-refractivity contribution in [3.05, 3.63) is 76.7 Å². The quantitative estimate of drug-likeness (QED) is 0.606. The monoisotopic (exact) mass is 279 g/mol. The molecule has 2 rings (SSSR count). The Kier molecular flexibility index (Phi) is 4.46. The number of aryl methyl sites for hydroxylation is 2. The second-order valence-electron chi connectivity index (χ2n) is 6.98. The van der Waals surface area contributed by atoms with Crippen molar-refractivity contribution in [1.29, 1.82) is 0 Å². The third-order valence-corrected chi connectivity index (χ3v) is 4.77. The van der Waals surface area contributed by atoms with Crippen LogP contribution in [0.3, 0.4) is 0 Å².